The van der Waals surface area contributed by atoms with Gasteiger partial charge in [-0.25, -0.2) is 9.59 Å². The van der Waals surface area contributed by atoms with Gasteiger partial charge >= 0.3 is 11.6 Å². The van der Waals surface area contributed by atoms with Gasteiger partial charge in [-0.1, -0.05) is 97.5 Å². The standard InChI is InChI=1S/C17H15NO5.C9H9NO3.C8H7ClO2.CH4/c19-15-13-11-6-7-12(8-11)14(13)16(20)18(15)23-17(21)22-9-10-4-2-1-3-5-10;11-8-6-4-1-2-5(3-4)7(6)9(12)10(8)13;9-8(10)11-6-7-4-2-1-3-5-7;/h1-7,11-14H,8-9H2;1-2,4-7,13H,3H2;1-5H,6H2;1H4. The number of carbonyl (C=O) groups is 6. The Morgan fingerprint density at radius 2 is 1.02 bits per heavy atom. The Morgan fingerprint density at radius 3 is 1.42 bits per heavy atom. The molecule has 0 aromatic heterocycles. The van der Waals surface area contributed by atoms with E-state index in [0.29, 0.717) is 10.1 Å². The van der Waals surface area contributed by atoms with Gasteiger partial charge in [-0.15, -0.1) is 0 Å². The average Bonchev–Trinajstić information content (AvgIpc) is 3.94. The maximum Gasteiger partial charge on any atom is 0.534 e. The molecular formula is C35H35ClN2O10. The van der Waals surface area contributed by atoms with Crippen LogP contribution in [0.1, 0.15) is 31.4 Å². The van der Waals surface area contributed by atoms with E-state index in [1.807, 2.05) is 72.8 Å². The third kappa shape index (κ3) is 6.76. The summed E-state index contributed by atoms with van der Waals surface area (Å²) < 4.78 is 9.51. The number of ether oxygens (including phenoxy) is 2. The van der Waals surface area contributed by atoms with Gasteiger partial charge < -0.3 is 9.47 Å². The molecule has 2 saturated carbocycles. The summed E-state index contributed by atoms with van der Waals surface area (Å²) in [5.41, 5.74) is 0.956. The lowest BCUT2D eigenvalue weighted by Gasteiger charge is -2.15. The number of allylic oxidation sites excluding steroid dienone is 4. The lowest BCUT2D eigenvalue weighted by Crippen LogP contribution is -2.35. The highest BCUT2D eigenvalue weighted by Crippen LogP contribution is 2.53. The van der Waals surface area contributed by atoms with Gasteiger partial charge in [-0.05, 0) is 47.6 Å². The lowest BCUT2D eigenvalue weighted by atomic mass is 9.85. The minimum atomic E-state index is -1.05. The van der Waals surface area contributed by atoms with Crippen molar-refractivity contribution in [1.29, 1.82) is 0 Å². The fourth-order valence-corrected chi connectivity index (χ4v) is 7.44. The number of rotatable bonds is 5. The van der Waals surface area contributed by atoms with E-state index in [9.17, 15) is 28.8 Å². The van der Waals surface area contributed by atoms with E-state index in [4.69, 9.17) is 26.4 Å². The molecule has 0 spiro atoms. The van der Waals surface area contributed by atoms with Gasteiger partial charge in [-0.2, -0.15) is 5.06 Å². The van der Waals surface area contributed by atoms with Crippen molar-refractivity contribution in [2.24, 2.45) is 47.3 Å². The van der Waals surface area contributed by atoms with E-state index in [1.54, 1.807) is 12.1 Å². The first-order valence-corrected chi connectivity index (χ1v) is 15.6. The van der Waals surface area contributed by atoms with Crippen LogP contribution in [0.4, 0.5) is 9.59 Å². The number of amides is 4. The maximum atomic E-state index is 12.3. The summed E-state index contributed by atoms with van der Waals surface area (Å²) in [4.78, 5) is 74.3. The molecule has 8 atom stereocenters. The zero-order chi connectivity index (χ0) is 33.2. The summed E-state index contributed by atoms with van der Waals surface area (Å²) in [6.07, 6.45) is 8.64. The minimum absolute atomic E-state index is 0. The van der Waals surface area contributed by atoms with Crippen LogP contribution in [0.2, 0.25) is 0 Å². The predicted octanol–water partition coefficient (Wildman–Crippen LogP) is 5.44. The van der Waals surface area contributed by atoms with Crippen molar-refractivity contribution in [2.45, 2.75) is 33.5 Å². The van der Waals surface area contributed by atoms with Crippen LogP contribution in [0.3, 0.4) is 0 Å². The summed E-state index contributed by atoms with van der Waals surface area (Å²) in [7, 11) is 0. The van der Waals surface area contributed by atoms with Gasteiger partial charge in [0.25, 0.3) is 23.6 Å². The molecule has 2 aromatic carbocycles. The highest BCUT2D eigenvalue weighted by Gasteiger charge is 2.61. The fraction of sp³-hybridized carbons (Fsp3) is 0.371. The molecule has 6 aliphatic rings. The topological polar surface area (TPSA) is 157 Å². The summed E-state index contributed by atoms with van der Waals surface area (Å²) in [5, 5.41) is 10.0. The van der Waals surface area contributed by atoms with E-state index < -0.39 is 35.2 Å². The number of benzene rings is 2. The third-order valence-electron chi connectivity index (χ3n) is 9.44. The summed E-state index contributed by atoms with van der Waals surface area (Å²) in [6, 6.07) is 18.5. The number of hydrogen-bond donors (Lipinski definition) is 1. The maximum absolute atomic E-state index is 12.3. The number of nitrogens with zero attached hydrogens (tertiary/aromatic N) is 2. The average molecular weight is 679 g/mol. The number of hydrogen-bond acceptors (Lipinski definition) is 10. The molecule has 4 aliphatic carbocycles. The Morgan fingerprint density at radius 1 is 0.646 bits per heavy atom. The first-order valence-electron chi connectivity index (χ1n) is 15.2. The second kappa shape index (κ2) is 14.5. The molecule has 48 heavy (non-hydrogen) atoms. The minimum Gasteiger partial charge on any atom is -0.449 e. The molecule has 252 valence electrons. The van der Waals surface area contributed by atoms with Crippen molar-refractivity contribution in [3.63, 3.8) is 0 Å². The molecular weight excluding hydrogens is 644 g/mol. The number of imide groups is 2. The van der Waals surface area contributed by atoms with Crippen molar-refractivity contribution in [1.82, 2.24) is 10.1 Å². The van der Waals surface area contributed by atoms with Gasteiger partial charge in [0, 0.05) is 11.6 Å². The normalized spacial score (nSPS) is 29.4. The molecule has 13 heteroatoms. The molecule has 8 unspecified atom stereocenters. The molecule has 2 heterocycles. The smallest absolute Gasteiger partial charge is 0.449 e. The van der Waals surface area contributed by atoms with Gasteiger partial charge in [0.05, 0.1) is 23.7 Å². The number of fused-ring (bicyclic) bond motifs is 10. The van der Waals surface area contributed by atoms with Crippen LogP contribution in [-0.4, -0.2) is 50.5 Å². The van der Waals surface area contributed by atoms with Gasteiger partial charge in [0.1, 0.15) is 13.2 Å². The molecule has 2 aliphatic heterocycles. The zero-order valence-corrected chi connectivity index (χ0v) is 25.7. The number of carbonyl (C=O) groups excluding carboxylic acids is 6. The molecule has 4 fully saturated rings. The van der Waals surface area contributed by atoms with Crippen LogP contribution in [0.15, 0.2) is 85.0 Å². The van der Waals surface area contributed by atoms with Crippen molar-refractivity contribution in [2.75, 3.05) is 0 Å². The fourth-order valence-electron chi connectivity index (χ4n) is 7.38. The molecule has 1 N–H and O–H groups in total. The summed E-state index contributed by atoms with van der Waals surface area (Å²) in [5.74, 6) is -2.49. The molecule has 12 nitrogen and oxygen atoms in total. The zero-order valence-electron chi connectivity index (χ0n) is 24.9. The van der Waals surface area contributed by atoms with Crippen molar-refractivity contribution in [3.8, 4) is 0 Å². The summed E-state index contributed by atoms with van der Waals surface area (Å²) in [6.45, 7) is 0.263. The molecule has 2 saturated heterocycles. The lowest BCUT2D eigenvalue weighted by molar-refractivity contribution is -0.180. The molecule has 4 amide bonds. The van der Waals surface area contributed by atoms with Crippen molar-refractivity contribution in [3.05, 3.63) is 96.1 Å². The second-order valence-corrected chi connectivity index (χ2v) is 12.4. The third-order valence-corrected chi connectivity index (χ3v) is 9.55. The Hall–Kier alpha value is -4.81. The van der Waals surface area contributed by atoms with Gasteiger partial charge in [-0.3, -0.25) is 29.2 Å². The van der Waals surface area contributed by atoms with E-state index in [1.165, 1.54) is 0 Å². The second-order valence-electron chi connectivity index (χ2n) is 12.1. The van der Waals surface area contributed by atoms with E-state index >= 15 is 0 Å². The number of hydroxylamine groups is 4. The highest BCUT2D eigenvalue weighted by molar-refractivity contribution is 6.61. The number of halogens is 1. The highest BCUT2D eigenvalue weighted by atomic mass is 35.5. The van der Waals surface area contributed by atoms with E-state index in [-0.39, 0.29) is 68.0 Å². The van der Waals surface area contributed by atoms with Crippen molar-refractivity contribution < 1.29 is 48.3 Å². The van der Waals surface area contributed by atoms with Crippen LogP contribution in [0, 0.1) is 47.3 Å². The van der Waals surface area contributed by atoms with Gasteiger partial charge in [0.15, 0.2) is 0 Å². The van der Waals surface area contributed by atoms with Crippen LogP contribution >= 0.6 is 11.6 Å². The van der Waals surface area contributed by atoms with Crippen LogP contribution in [0.5, 0.6) is 0 Å². The van der Waals surface area contributed by atoms with E-state index in [2.05, 4.69) is 4.74 Å². The van der Waals surface area contributed by atoms with Gasteiger partial charge in [0.2, 0.25) is 0 Å². The van der Waals surface area contributed by atoms with E-state index in [0.717, 1.165) is 24.0 Å². The molecule has 2 aromatic rings. The summed E-state index contributed by atoms with van der Waals surface area (Å²) >= 11 is 4.97. The predicted molar refractivity (Wildman–Crippen MR) is 168 cm³/mol. The largest absolute Gasteiger partial charge is 0.534 e. The van der Waals surface area contributed by atoms with Crippen LogP contribution < -0.4 is 0 Å². The first kappa shape index (κ1) is 34.5. The Bertz CT molecular complexity index is 1570. The monoisotopic (exact) mass is 678 g/mol. The molecule has 4 bridgehead atoms. The Labute approximate surface area is 281 Å². The first-order chi connectivity index (χ1) is 22.6. The molecule has 0 radical (unpaired) electrons. The SMILES string of the molecule is C.O=C(Cl)OCc1ccccc1.O=C(OCc1ccccc1)ON1C(=O)C2C3C=CC(C3)C2C1=O.O=C1C2C3C=CC(C3)C2C(=O)N1O. The quantitative estimate of drug-likeness (QED) is 0.142. The Balaban J connectivity index is 0.000000153. The van der Waals surface area contributed by atoms with Crippen LogP contribution in [0.25, 0.3) is 0 Å². The molecule has 8 rings (SSSR count). The Kier molecular flexibility index (Phi) is 10.4. The van der Waals surface area contributed by atoms with Crippen molar-refractivity contribution >= 4 is 46.8 Å². The van der Waals surface area contributed by atoms with Crippen LogP contribution in [-0.2, 0) is 46.7 Å².